The fraction of sp³-hybridized carbons (Fsp3) is 0.0588. The second kappa shape index (κ2) is 5.70. The molecule has 0 saturated heterocycles. The maximum Gasteiger partial charge on any atom is 0.141 e. The quantitative estimate of drug-likeness (QED) is 0.742. The van der Waals surface area contributed by atoms with E-state index in [1.807, 2.05) is 30.3 Å². The zero-order valence-corrected chi connectivity index (χ0v) is 11.8. The summed E-state index contributed by atoms with van der Waals surface area (Å²) >= 11 is 0. The van der Waals surface area contributed by atoms with Crippen molar-refractivity contribution in [1.29, 1.82) is 5.26 Å². The van der Waals surface area contributed by atoms with Crippen LogP contribution in [0, 0.1) is 17.1 Å². The van der Waals surface area contributed by atoms with Gasteiger partial charge in [0.1, 0.15) is 17.6 Å². The third kappa shape index (κ3) is 2.42. The van der Waals surface area contributed by atoms with E-state index in [2.05, 4.69) is 5.10 Å². The largest absolute Gasteiger partial charge is 0.497 e. The SMILES string of the molecule is COc1ccc(-n2nccc2-c2ccc(C#N)c(F)c2)cc1. The van der Waals surface area contributed by atoms with Crippen molar-refractivity contribution in [3.05, 3.63) is 66.1 Å². The minimum atomic E-state index is -0.539. The molecule has 0 radical (unpaired) electrons. The third-order valence-corrected chi connectivity index (χ3v) is 3.35. The van der Waals surface area contributed by atoms with E-state index in [0.717, 1.165) is 17.1 Å². The molecule has 108 valence electrons. The molecule has 0 aliphatic heterocycles. The van der Waals surface area contributed by atoms with Gasteiger partial charge in [-0.05, 0) is 42.5 Å². The number of halogens is 1. The van der Waals surface area contributed by atoms with E-state index in [-0.39, 0.29) is 5.56 Å². The second-order valence-corrected chi connectivity index (χ2v) is 4.63. The van der Waals surface area contributed by atoms with Gasteiger partial charge in [0.25, 0.3) is 0 Å². The Balaban J connectivity index is 2.05. The Morgan fingerprint density at radius 3 is 2.55 bits per heavy atom. The molecular formula is C17H12FN3O. The van der Waals surface area contributed by atoms with E-state index in [0.29, 0.717) is 5.56 Å². The van der Waals surface area contributed by atoms with Gasteiger partial charge in [0.05, 0.1) is 30.3 Å². The fourth-order valence-corrected chi connectivity index (χ4v) is 2.22. The number of hydrogen-bond acceptors (Lipinski definition) is 3. The number of benzene rings is 2. The standard InChI is InChI=1S/C17H12FN3O/c1-22-15-6-4-14(5-7-15)21-17(8-9-20-21)12-2-3-13(11-19)16(18)10-12/h2-10H,1H3. The molecule has 1 heterocycles. The molecule has 0 amide bonds. The molecule has 0 spiro atoms. The van der Waals surface area contributed by atoms with Crippen molar-refractivity contribution < 1.29 is 9.13 Å². The summed E-state index contributed by atoms with van der Waals surface area (Å²) in [4.78, 5) is 0. The first kappa shape index (κ1) is 13.8. The first-order valence-corrected chi connectivity index (χ1v) is 6.61. The van der Waals surface area contributed by atoms with Crippen LogP contribution >= 0.6 is 0 Å². The van der Waals surface area contributed by atoms with Crippen molar-refractivity contribution in [2.75, 3.05) is 7.11 Å². The average Bonchev–Trinajstić information content (AvgIpc) is 3.04. The van der Waals surface area contributed by atoms with Crippen molar-refractivity contribution in [2.24, 2.45) is 0 Å². The zero-order chi connectivity index (χ0) is 15.5. The lowest BCUT2D eigenvalue weighted by Crippen LogP contribution is -1.99. The van der Waals surface area contributed by atoms with Gasteiger partial charge in [-0.15, -0.1) is 0 Å². The van der Waals surface area contributed by atoms with E-state index in [1.165, 1.54) is 12.1 Å². The summed E-state index contributed by atoms with van der Waals surface area (Å²) < 4.78 is 20.6. The fourth-order valence-electron chi connectivity index (χ4n) is 2.22. The molecule has 22 heavy (non-hydrogen) atoms. The molecule has 1 aromatic heterocycles. The Labute approximate surface area is 127 Å². The summed E-state index contributed by atoms with van der Waals surface area (Å²) in [6, 6.07) is 15.5. The molecule has 2 aromatic carbocycles. The average molecular weight is 293 g/mol. The monoisotopic (exact) mass is 293 g/mol. The molecule has 0 unspecified atom stereocenters. The molecule has 0 atom stereocenters. The molecule has 0 bridgehead atoms. The highest BCUT2D eigenvalue weighted by molar-refractivity contribution is 5.63. The van der Waals surface area contributed by atoms with Crippen molar-refractivity contribution >= 4 is 0 Å². The summed E-state index contributed by atoms with van der Waals surface area (Å²) in [5.74, 6) is 0.212. The van der Waals surface area contributed by atoms with Gasteiger partial charge in [0, 0.05) is 5.56 Å². The van der Waals surface area contributed by atoms with Gasteiger partial charge in [-0.3, -0.25) is 0 Å². The van der Waals surface area contributed by atoms with E-state index >= 15 is 0 Å². The van der Waals surface area contributed by atoms with E-state index in [4.69, 9.17) is 10.00 Å². The predicted octanol–water partition coefficient (Wildman–Crippen LogP) is 3.56. The molecule has 4 nitrogen and oxygen atoms in total. The minimum Gasteiger partial charge on any atom is -0.497 e. The van der Waals surface area contributed by atoms with Crippen molar-refractivity contribution in [1.82, 2.24) is 9.78 Å². The van der Waals surface area contributed by atoms with Gasteiger partial charge in [0.15, 0.2) is 0 Å². The van der Waals surface area contributed by atoms with Gasteiger partial charge >= 0.3 is 0 Å². The van der Waals surface area contributed by atoms with Crippen LogP contribution in [0.25, 0.3) is 16.9 Å². The van der Waals surface area contributed by atoms with E-state index in [9.17, 15) is 4.39 Å². The van der Waals surface area contributed by atoms with E-state index in [1.54, 1.807) is 30.1 Å². The van der Waals surface area contributed by atoms with Crippen LogP contribution in [0.15, 0.2) is 54.7 Å². The summed E-state index contributed by atoms with van der Waals surface area (Å²) in [6.45, 7) is 0. The lowest BCUT2D eigenvalue weighted by Gasteiger charge is -2.09. The van der Waals surface area contributed by atoms with E-state index < -0.39 is 5.82 Å². The number of hydrogen-bond donors (Lipinski definition) is 0. The van der Waals surface area contributed by atoms with Crippen LogP contribution in [-0.2, 0) is 0 Å². The van der Waals surface area contributed by atoms with Crippen LogP contribution in [0.5, 0.6) is 5.75 Å². The Bertz CT molecular complexity index is 847. The molecule has 0 saturated carbocycles. The van der Waals surface area contributed by atoms with Crippen molar-refractivity contribution in [2.45, 2.75) is 0 Å². The van der Waals surface area contributed by atoms with Gasteiger partial charge in [-0.2, -0.15) is 10.4 Å². The minimum absolute atomic E-state index is 0.0271. The topological polar surface area (TPSA) is 50.8 Å². The second-order valence-electron chi connectivity index (χ2n) is 4.63. The summed E-state index contributed by atoms with van der Waals surface area (Å²) in [5, 5.41) is 13.1. The van der Waals surface area contributed by atoms with Crippen LogP contribution in [0.1, 0.15) is 5.56 Å². The summed E-state index contributed by atoms with van der Waals surface area (Å²) in [7, 11) is 1.61. The van der Waals surface area contributed by atoms with Gasteiger partial charge in [0.2, 0.25) is 0 Å². The highest BCUT2D eigenvalue weighted by atomic mass is 19.1. The normalized spacial score (nSPS) is 10.2. The van der Waals surface area contributed by atoms with Crippen LogP contribution in [0.2, 0.25) is 0 Å². The number of rotatable bonds is 3. The highest BCUT2D eigenvalue weighted by Gasteiger charge is 2.10. The van der Waals surface area contributed by atoms with Crippen molar-refractivity contribution in [3.63, 3.8) is 0 Å². The molecule has 0 aliphatic rings. The Kier molecular flexibility index (Phi) is 3.58. The van der Waals surface area contributed by atoms with Crippen LogP contribution in [-0.4, -0.2) is 16.9 Å². The third-order valence-electron chi connectivity index (χ3n) is 3.35. The Morgan fingerprint density at radius 1 is 1.14 bits per heavy atom. The first-order valence-electron chi connectivity index (χ1n) is 6.61. The molecule has 3 rings (SSSR count). The number of methoxy groups -OCH3 is 1. The van der Waals surface area contributed by atoms with Crippen molar-refractivity contribution in [3.8, 4) is 28.8 Å². The van der Waals surface area contributed by atoms with Gasteiger partial charge < -0.3 is 4.74 Å². The van der Waals surface area contributed by atoms with Gasteiger partial charge in [-0.1, -0.05) is 6.07 Å². The number of aromatic nitrogens is 2. The highest BCUT2D eigenvalue weighted by Crippen LogP contribution is 2.25. The lowest BCUT2D eigenvalue weighted by molar-refractivity contribution is 0.414. The summed E-state index contributed by atoms with van der Waals surface area (Å²) in [6.07, 6.45) is 1.65. The smallest absolute Gasteiger partial charge is 0.141 e. The number of nitrogens with zero attached hydrogens (tertiary/aromatic N) is 3. The molecule has 3 aromatic rings. The molecule has 0 fully saturated rings. The van der Waals surface area contributed by atoms with Crippen LogP contribution in [0.4, 0.5) is 4.39 Å². The Morgan fingerprint density at radius 2 is 1.91 bits per heavy atom. The number of nitriles is 1. The maximum atomic E-state index is 13.8. The maximum absolute atomic E-state index is 13.8. The first-order chi connectivity index (χ1) is 10.7. The molecular weight excluding hydrogens is 281 g/mol. The van der Waals surface area contributed by atoms with Crippen LogP contribution in [0.3, 0.4) is 0 Å². The molecule has 5 heteroatoms. The summed E-state index contributed by atoms with van der Waals surface area (Å²) in [5.41, 5.74) is 2.27. The zero-order valence-electron chi connectivity index (χ0n) is 11.8. The molecule has 0 N–H and O–H groups in total. The van der Waals surface area contributed by atoms with Crippen LogP contribution < -0.4 is 4.74 Å². The lowest BCUT2D eigenvalue weighted by atomic mass is 10.1. The molecule has 0 aliphatic carbocycles. The predicted molar refractivity (Wildman–Crippen MR) is 80.2 cm³/mol. The Hall–Kier alpha value is -3.13. The number of ether oxygens (including phenoxy) is 1. The van der Waals surface area contributed by atoms with Gasteiger partial charge in [-0.25, -0.2) is 9.07 Å².